The third-order valence-electron chi connectivity index (χ3n) is 5.89. The van der Waals surface area contributed by atoms with Gasteiger partial charge in [-0.25, -0.2) is 14.3 Å². The molecule has 3 aromatic rings. The van der Waals surface area contributed by atoms with Crippen LogP contribution < -0.4 is 10.6 Å². The monoisotopic (exact) mass is 435 g/mol. The average Bonchev–Trinajstić information content (AvgIpc) is 3.45. The summed E-state index contributed by atoms with van der Waals surface area (Å²) in [6.07, 6.45) is 12.5. The van der Waals surface area contributed by atoms with E-state index in [4.69, 9.17) is 10.4 Å². The summed E-state index contributed by atoms with van der Waals surface area (Å²) in [5.41, 5.74) is 3.85. The van der Waals surface area contributed by atoms with Gasteiger partial charge in [-0.15, -0.1) is 0 Å². The molecule has 0 atom stereocenters. The molecule has 1 aliphatic rings. The number of carbonyl (C=O) groups excluding carboxylic acids is 1. The minimum absolute atomic E-state index is 0.0799. The lowest BCUT2D eigenvalue weighted by atomic mass is 10.1. The summed E-state index contributed by atoms with van der Waals surface area (Å²) >= 11 is 0. The fraction of sp³-hybridized carbons (Fsp3) is 0.409. The highest BCUT2D eigenvalue weighted by Gasteiger charge is 2.29. The Kier molecular flexibility index (Phi) is 6.20. The van der Waals surface area contributed by atoms with Gasteiger partial charge in [-0.05, 0) is 18.9 Å². The number of hydrogen-bond acceptors (Lipinski definition) is 6. The number of rotatable bonds is 8. The van der Waals surface area contributed by atoms with Gasteiger partial charge in [0.2, 0.25) is 0 Å². The molecule has 3 aromatic heterocycles. The molecule has 0 aromatic carbocycles. The van der Waals surface area contributed by atoms with Crippen LogP contribution in [0, 0.1) is 5.41 Å². The minimum Gasteiger partial charge on any atom is -0.384 e. The van der Waals surface area contributed by atoms with Gasteiger partial charge in [0.25, 0.3) is 0 Å². The highest BCUT2D eigenvalue weighted by Crippen LogP contribution is 2.26. The lowest BCUT2D eigenvalue weighted by Gasteiger charge is -2.38. The number of likely N-dealkylation sites (tertiary alicyclic amines) is 1. The standard InChI is InChI=1S/C22H29N9O/c1-4-18(5-2)30-11-16(10-27-30)21-20-6-7-26-31(20)14-19(28-21)15(8-23)9-25-17-12-29(13-17)22(32)24-3/h6-11,14,17-18,23,25H,4-5,12-13H2,1-3H3,(H,24,32)/b15-9+,23-8?. The predicted molar refractivity (Wildman–Crippen MR) is 124 cm³/mol. The van der Waals surface area contributed by atoms with Crippen LogP contribution in [0.1, 0.15) is 38.4 Å². The van der Waals surface area contributed by atoms with Gasteiger partial charge in [0, 0.05) is 49.9 Å². The van der Waals surface area contributed by atoms with E-state index in [9.17, 15) is 4.79 Å². The first-order valence-electron chi connectivity index (χ1n) is 10.9. The maximum Gasteiger partial charge on any atom is 0.317 e. The Morgan fingerprint density at radius 2 is 2.06 bits per heavy atom. The number of nitrogens with zero attached hydrogens (tertiary/aromatic N) is 6. The van der Waals surface area contributed by atoms with Crippen molar-refractivity contribution >= 4 is 23.3 Å². The molecule has 10 heteroatoms. The Balaban J connectivity index is 1.61. The number of fused-ring (bicyclic) bond motifs is 1. The molecule has 0 bridgehead atoms. The van der Waals surface area contributed by atoms with E-state index < -0.39 is 0 Å². The fourth-order valence-corrected chi connectivity index (χ4v) is 3.91. The molecule has 168 valence electrons. The van der Waals surface area contributed by atoms with Crippen LogP contribution in [0.5, 0.6) is 0 Å². The van der Waals surface area contributed by atoms with Gasteiger partial charge < -0.3 is 20.9 Å². The smallest absolute Gasteiger partial charge is 0.317 e. The second-order valence-corrected chi connectivity index (χ2v) is 7.88. The third-order valence-corrected chi connectivity index (χ3v) is 5.89. The maximum atomic E-state index is 11.6. The van der Waals surface area contributed by atoms with E-state index in [0.29, 0.717) is 30.4 Å². The summed E-state index contributed by atoms with van der Waals surface area (Å²) in [5.74, 6) is 0. The van der Waals surface area contributed by atoms with Crippen LogP contribution in [-0.2, 0) is 0 Å². The van der Waals surface area contributed by atoms with E-state index in [1.54, 1.807) is 28.9 Å². The molecule has 4 rings (SSSR count). The zero-order valence-electron chi connectivity index (χ0n) is 18.6. The highest BCUT2D eigenvalue weighted by atomic mass is 16.2. The quantitative estimate of drug-likeness (QED) is 0.470. The molecule has 1 saturated heterocycles. The number of allylic oxidation sites excluding steroid dienone is 1. The first-order valence-corrected chi connectivity index (χ1v) is 10.9. The molecular formula is C22H29N9O. The fourth-order valence-electron chi connectivity index (χ4n) is 3.91. The van der Waals surface area contributed by atoms with Gasteiger partial charge in [-0.3, -0.25) is 4.68 Å². The number of carbonyl (C=O) groups is 1. The number of urea groups is 1. The Hall–Kier alpha value is -3.69. The molecule has 0 unspecified atom stereocenters. The molecule has 1 fully saturated rings. The van der Waals surface area contributed by atoms with Crippen molar-refractivity contribution in [3.63, 3.8) is 0 Å². The summed E-state index contributed by atoms with van der Waals surface area (Å²) < 4.78 is 3.78. The van der Waals surface area contributed by atoms with Crippen LogP contribution in [-0.4, -0.2) is 67.7 Å². The van der Waals surface area contributed by atoms with E-state index in [-0.39, 0.29) is 12.1 Å². The summed E-state index contributed by atoms with van der Waals surface area (Å²) in [7, 11) is 1.62. The maximum absolute atomic E-state index is 11.6. The lowest BCUT2D eigenvalue weighted by molar-refractivity contribution is 0.145. The zero-order chi connectivity index (χ0) is 22.7. The van der Waals surface area contributed by atoms with Crippen molar-refractivity contribution in [1.82, 2.24) is 39.9 Å². The van der Waals surface area contributed by atoms with Crippen LogP contribution in [0.15, 0.2) is 37.1 Å². The van der Waals surface area contributed by atoms with E-state index in [2.05, 4.69) is 34.7 Å². The lowest BCUT2D eigenvalue weighted by Crippen LogP contribution is -2.60. The first kappa shape index (κ1) is 21.5. The number of hydrogen-bond donors (Lipinski definition) is 3. The SMILES string of the molecule is CCC(CC)n1cc(-c2nc(/C(C=N)=C/NC3CN(C(=O)NC)C3)cn3nccc23)cn1. The van der Waals surface area contributed by atoms with Gasteiger partial charge >= 0.3 is 6.03 Å². The third kappa shape index (κ3) is 4.08. The van der Waals surface area contributed by atoms with Crippen molar-refractivity contribution in [3.8, 4) is 11.3 Å². The summed E-state index contributed by atoms with van der Waals surface area (Å²) in [4.78, 5) is 18.2. The Morgan fingerprint density at radius 1 is 1.28 bits per heavy atom. The van der Waals surface area contributed by atoms with Crippen molar-refractivity contribution in [2.24, 2.45) is 0 Å². The molecule has 0 radical (unpaired) electrons. The normalized spacial score (nSPS) is 14.6. The molecule has 0 aliphatic carbocycles. The van der Waals surface area contributed by atoms with Crippen LogP contribution in [0.25, 0.3) is 22.3 Å². The molecule has 3 N–H and O–H groups in total. The highest BCUT2D eigenvalue weighted by molar-refractivity contribution is 6.07. The van der Waals surface area contributed by atoms with Gasteiger partial charge in [-0.1, -0.05) is 13.8 Å². The first-order chi connectivity index (χ1) is 15.6. The van der Waals surface area contributed by atoms with E-state index in [0.717, 1.165) is 29.6 Å². The van der Waals surface area contributed by atoms with Crippen LogP contribution in [0.4, 0.5) is 4.79 Å². The molecule has 1 aliphatic heterocycles. The van der Waals surface area contributed by atoms with Crippen molar-refractivity contribution in [1.29, 1.82) is 5.41 Å². The minimum atomic E-state index is -0.0799. The van der Waals surface area contributed by atoms with Gasteiger partial charge in [-0.2, -0.15) is 10.2 Å². The van der Waals surface area contributed by atoms with Gasteiger partial charge in [0.1, 0.15) is 0 Å². The number of nitrogens with one attached hydrogen (secondary N) is 3. The van der Waals surface area contributed by atoms with Crippen molar-refractivity contribution in [2.45, 2.75) is 38.8 Å². The number of aromatic nitrogens is 5. The van der Waals surface area contributed by atoms with Gasteiger partial charge in [0.15, 0.2) is 0 Å². The largest absolute Gasteiger partial charge is 0.384 e. The molecular weight excluding hydrogens is 406 g/mol. The summed E-state index contributed by atoms with van der Waals surface area (Å²) in [6.45, 7) is 5.56. The average molecular weight is 436 g/mol. The van der Waals surface area contributed by atoms with Crippen LogP contribution >= 0.6 is 0 Å². The molecule has 4 heterocycles. The topological polar surface area (TPSA) is 116 Å². The second-order valence-electron chi connectivity index (χ2n) is 7.88. The van der Waals surface area contributed by atoms with Crippen molar-refractivity contribution < 1.29 is 4.79 Å². The molecule has 32 heavy (non-hydrogen) atoms. The summed E-state index contributed by atoms with van der Waals surface area (Å²) in [5, 5.41) is 22.8. The van der Waals surface area contributed by atoms with Crippen LogP contribution in [0.2, 0.25) is 0 Å². The molecule has 2 amide bonds. The van der Waals surface area contributed by atoms with E-state index >= 15 is 0 Å². The zero-order valence-corrected chi connectivity index (χ0v) is 18.6. The molecule has 0 spiro atoms. The predicted octanol–water partition coefficient (Wildman–Crippen LogP) is 2.56. The van der Waals surface area contributed by atoms with Gasteiger partial charge in [0.05, 0.1) is 47.6 Å². The van der Waals surface area contributed by atoms with Crippen molar-refractivity contribution in [2.75, 3.05) is 20.1 Å². The number of amides is 2. The van der Waals surface area contributed by atoms with Crippen LogP contribution in [0.3, 0.4) is 0 Å². The Labute approximate surface area is 186 Å². The Morgan fingerprint density at radius 3 is 2.75 bits per heavy atom. The van der Waals surface area contributed by atoms with E-state index in [1.165, 1.54) is 6.21 Å². The molecule has 0 saturated carbocycles. The summed E-state index contributed by atoms with van der Waals surface area (Å²) in [6, 6.07) is 2.34. The second kappa shape index (κ2) is 9.21. The Bertz CT molecular complexity index is 1140. The van der Waals surface area contributed by atoms with Crippen molar-refractivity contribution in [3.05, 3.63) is 42.7 Å². The van der Waals surface area contributed by atoms with E-state index in [1.807, 2.05) is 29.3 Å². The molecule has 10 nitrogen and oxygen atoms in total.